The van der Waals surface area contributed by atoms with E-state index in [1.165, 1.54) is 5.56 Å². The zero-order valence-electron chi connectivity index (χ0n) is 11.8. The molecule has 0 radical (unpaired) electrons. The Morgan fingerprint density at radius 3 is 2.60 bits per heavy atom. The highest BCUT2D eigenvalue weighted by atomic mass is 31.1. The van der Waals surface area contributed by atoms with Gasteiger partial charge in [0.25, 0.3) is 0 Å². The molecule has 2 unspecified atom stereocenters. The maximum absolute atomic E-state index is 11.6. The van der Waals surface area contributed by atoms with Gasteiger partial charge in [0.2, 0.25) is 0 Å². The fourth-order valence-corrected chi connectivity index (χ4v) is 2.26. The molecule has 4 nitrogen and oxygen atoms in total. The van der Waals surface area contributed by atoms with Crippen molar-refractivity contribution in [3.05, 3.63) is 35.9 Å². The molecule has 0 fully saturated rings. The summed E-state index contributed by atoms with van der Waals surface area (Å²) in [6.07, 6.45) is 5.06. The molecule has 1 aromatic rings. The van der Waals surface area contributed by atoms with E-state index in [0.717, 1.165) is 32.1 Å². The monoisotopic (exact) mass is 297 g/mol. The molecular weight excluding hydrogens is 275 g/mol. The van der Waals surface area contributed by atoms with Gasteiger partial charge in [0.05, 0.1) is 0 Å². The molecule has 0 aliphatic heterocycles. The van der Waals surface area contributed by atoms with Crippen molar-refractivity contribution in [3.63, 3.8) is 0 Å². The first-order valence-electron chi connectivity index (χ1n) is 6.95. The first-order valence-corrected chi connectivity index (χ1v) is 8.08. The fourth-order valence-electron chi connectivity index (χ4n) is 2.02. The first kappa shape index (κ1) is 17.0. The van der Waals surface area contributed by atoms with Gasteiger partial charge in [0.15, 0.2) is 12.4 Å². The number of hydrogen-bond donors (Lipinski definition) is 1. The number of benzene rings is 1. The molecule has 0 amide bonds. The van der Waals surface area contributed by atoms with Gasteiger partial charge in [-0.2, -0.15) is 0 Å². The summed E-state index contributed by atoms with van der Waals surface area (Å²) in [7, 11) is -2.67. The lowest BCUT2D eigenvalue weighted by Crippen LogP contribution is -2.15. The summed E-state index contributed by atoms with van der Waals surface area (Å²) >= 11 is 0. The van der Waals surface area contributed by atoms with Gasteiger partial charge >= 0.3 is 8.25 Å². The molecule has 2 atom stereocenters. The average Bonchev–Trinajstić information content (AvgIpc) is 2.45. The van der Waals surface area contributed by atoms with E-state index in [4.69, 9.17) is 4.89 Å². The predicted molar refractivity (Wildman–Crippen MR) is 78.6 cm³/mol. The van der Waals surface area contributed by atoms with Crippen LogP contribution in [-0.2, 0) is 20.3 Å². The number of ketones is 1. The summed E-state index contributed by atoms with van der Waals surface area (Å²) in [5.41, 5.74) is 1.34. The van der Waals surface area contributed by atoms with Crippen LogP contribution in [0.4, 0.5) is 0 Å². The highest BCUT2D eigenvalue weighted by molar-refractivity contribution is 7.32. The molecule has 0 heterocycles. The minimum absolute atomic E-state index is 0.106. The molecule has 0 saturated carbocycles. The van der Waals surface area contributed by atoms with E-state index in [1.54, 1.807) is 0 Å². The van der Waals surface area contributed by atoms with Crippen molar-refractivity contribution in [2.24, 2.45) is 5.92 Å². The normalized spacial score (nSPS) is 13.0. The number of unbranched alkanes of at least 4 members (excludes halogenated alkanes) is 2. The summed E-state index contributed by atoms with van der Waals surface area (Å²) in [5, 5.41) is 0. The predicted octanol–water partition coefficient (Wildman–Crippen LogP) is 3.66. The highest BCUT2D eigenvalue weighted by Gasteiger charge is 2.19. The molecule has 0 spiro atoms. The third-order valence-corrected chi connectivity index (χ3v) is 3.66. The van der Waals surface area contributed by atoms with Crippen LogP contribution in [0.3, 0.4) is 0 Å². The zero-order chi connectivity index (χ0) is 14.8. The zero-order valence-corrected chi connectivity index (χ0v) is 12.7. The van der Waals surface area contributed by atoms with Crippen LogP contribution in [0.1, 0.15) is 38.2 Å². The summed E-state index contributed by atoms with van der Waals surface area (Å²) < 4.78 is 14.8. The Bertz CT molecular complexity index is 419. The molecule has 1 N–H and O–H groups in total. The van der Waals surface area contributed by atoms with Crippen molar-refractivity contribution >= 4 is 14.0 Å². The van der Waals surface area contributed by atoms with Crippen molar-refractivity contribution in [1.29, 1.82) is 0 Å². The van der Waals surface area contributed by atoms with Crippen LogP contribution in [0, 0.1) is 5.92 Å². The van der Waals surface area contributed by atoms with Crippen LogP contribution in [0.5, 0.6) is 0 Å². The highest BCUT2D eigenvalue weighted by Crippen LogP contribution is 2.17. The molecule has 0 bridgehead atoms. The van der Waals surface area contributed by atoms with E-state index in [1.807, 2.05) is 25.1 Å². The first-order chi connectivity index (χ1) is 9.59. The van der Waals surface area contributed by atoms with Crippen LogP contribution in [0.15, 0.2) is 30.3 Å². The van der Waals surface area contributed by atoms with E-state index >= 15 is 0 Å². The van der Waals surface area contributed by atoms with E-state index < -0.39 is 8.25 Å². The lowest BCUT2D eigenvalue weighted by molar-refractivity contribution is -0.124. The summed E-state index contributed by atoms with van der Waals surface area (Å²) in [6, 6.07) is 10.3. The van der Waals surface area contributed by atoms with Gasteiger partial charge in [0, 0.05) is 10.5 Å². The molecular formula is C15H22O4P+. The largest absolute Gasteiger partial charge is 0.695 e. The molecule has 0 aliphatic rings. The topological polar surface area (TPSA) is 63.6 Å². The number of aryl methyl sites for hydroxylation is 1. The Hall–Kier alpha value is -1.09. The standard InChI is InChI=1S/C15H21O4P/c1-13(15(16)12-19-20(17)18)8-4-2-5-9-14-10-6-3-7-11-14/h3,6-7,10-11,13H,2,4-5,8-9,12H2,1H3/p+1. The molecule has 20 heavy (non-hydrogen) atoms. The quantitative estimate of drug-likeness (QED) is 0.529. The molecule has 110 valence electrons. The van der Waals surface area contributed by atoms with Gasteiger partial charge in [-0.25, -0.2) is 0 Å². The SMILES string of the molecule is CC(CCCCCc1ccccc1)C(=O)CO[P+](=O)O. The Labute approximate surface area is 121 Å². The Morgan fingerprint density at radius 1 is 1.25 bits per heavy atom. The number of hydrogen-bond acceptors (Lipinski definition) is 3. The van der Waals surface area contributed by atoms with Crippen LogP contribution >= 0.6 is 8.25 Å². The summed E-state index contributed by atoms with van der Waals surface area (Å²) in [4.78, 5) is 20.0. The third-order valence-electron chi connectivity index (χ3n) is 3.31. The number of Topliss-reactive ketones (excluding diaryl/α,β-unsaturated/α-hetero) is 1. The number of carbonyl (C=O) groups is 1. The average molecular weight is 297 g/mol. The van der Waals surface area contributed by atoms with Crippen LogP contribution in [0.25, 0.3) is 0 Å². The lowest BCUT2D eigenvalue weighted by Gasteiger charge is -2.08. The second-order valence-electron chi connectivity index (χ2n) is 4.96. The Balaban J connectivity index is 2.08. The lowest BCUT2D eigenvalue weighted by atomic mass is 9.98. The molecule has 0 aliphatic carbocycles. The Morgan fingerprint density at radius 2 is 1.95 bits per heavy atom. The molecule has 0 saturated heterocycles. The molecule has 0 aromatic heterocycles. The van der Waals surface area contributed by atoms with Gasteiger partial charge in [-0.3, -0.25) is 4.79 Å². The van der Waals surface area contributed by atoms with Crippen molar-refractivity contribution in [2.75, 3.05) is 6.61 Å². The summed E-state index contributed by atoms with van der Waals surface area (Å²) in [5.74, 6) is -0.216. The van der Waals surface area contributed by atoms with Crippen molar-refractivity contribution < 1.29 is 18.8 Å². The van der Waals surface area contributed by atoms with Crippen LogP contribution in [-0.4, -0.2) is 17.3 Å². The molecule has 1 aromatic carbocycles. The smallest absolute Gasteiger partial charge is 0.297 e. The van der Waals surface area contributed by atoms with Crippen LogP contribution in [0.2, 0.25) is 0 Å². The van der Waals surface area contributed by atoms with Crippen molar-refractivity contribution in [2.45, 2.75) is 39.0 Å². The van der Waals surface area contributed by atoms with E-state index in [9.17, 15) is 9.36 Å². The van der Waals surface area contributed by atoms with E-state index in [0.29, 0.717) is 0 Å². The molecule has 1 rings (SSSR count). The minimum atomic E-state index is -2.67. The van der Waals surface area contributed by atoms with Gasteiger partial charge in [-0.05, 0) is 24.8 Å². The number of rotatable bonds is 10. The van der Waals surface area contributed by atoms with Crippen molar-refractivity contribution in [1.82, 2.24) is 0 Å². The minimum Gasteiger partial charge on any atom is -0.297 e. The van der Waals surface area contributed by atoms with Gasteiger partial charge < -0.3 is 0 Å². The molecule has 5 heteroatoms. The second kappa shape index (κ2) is 9.76. The van der Waals surface area contributed by atoms with Crippen LogP contribution < -0.4 is 0 Å². The maximum Gasteiger partial charge on any atom is 0.695 e. The second-order valence-corrected chi connectivity index (χ2v) is 5.70. The summed E-state index contributed by atoms with van der Waals surface area (Å²) in [6.45, 7) is 1.57. The van der Waals surface area contributed by atoms with Gasteiger partial charge in [0.1, 0.15) is 0 Å². The Kier molecular flexibility index (Phi) is 8.28. The third kappa shape index (κ3) is 7.49. The maximum atomic E-state index is 11.6. The number of carbonyl (C=O) groups excluding carboxylic acids is 1. The van der Waals surface area contributed by atoms with E-state index in [-0.39, 0.29) is 18.3 Å². The van der Waals surface area contributed by atoms with E-state index in [2.05, 4.69) is 16.7 Å². The van der Waals surface area contributed by atoms with Gasteiger partial charge in [-0.1, -0.05) is 50.1 Å². The van der Waals surface area contributed by atoms with Crippen molar-refractivity contribution in [3.8, 4) is 0 Å². The van der Waals surface area contributed by atoms with Gasteiger partial charge in [-0.15, -0.1) is 9.42 Å². The fraction of sp³-hybridized carbons (Fsp3) is 0.533.